The van der Waals surface area contributed by atoms with Crippen molar-refractivity contribution in [2.45, 2.75) is 32.5 Å². The Balaban J connectivity index is 1.94. The van der Waals surface area contributed by atoms with Gasteiger partial charge in [-0.3, -0.25) is 9.59 Å². The molecule has 0 radical (unpaired) electrons. The zero-order valence-electron chi connectivity index (χ0n) is 20.1. The molecule has 0 unspecified atom stereocenters. The second-order valence-corrected chi connectivity index (χ2v) is 9.39. The lowest BCUT2D eigenvalue weighted by Gasteiger charge is -2.29. The minimum absolute atomic E-state index is 0.0691. The molecule has 8 nitrogen and oxygen atoms in total. The van der Waals surface area contributed by atoms with E-state index in [2.05, 4.69) is 21.8 Å². The Hall–Kier alpha value is -3.09. The number of nitrogens with zero attached hydrogens (tertiary/aromatic N) is 3. The summed E-state index contributed by atoms with van der Waals surface area (Å²) in [5.41, 5.74) is 1.50. The van der Waals surface area contributed by atoms with Crippen molar-refractivity contribution in [3.63, 3.8) is 0 Å². The number of hydrogen-bond donors (Lipinski definition) is 0. The highest BCUT2D eigenvalue weighted by Crippen LogP contribution is 2.25. The van der Waals surface area contributed by atoms with Gasteiger partial charge in [-0.05, 0) is 51.1 Å². The van der Waals surface area contributed by atoms with Crippen molar-refractivity contribution in [3.05, 3.63) is 40.6 Å². The molecule has 0 N–H and O–H groups in total. The van der Waals surface area contributed by atoms with E-state index in [-0.39, 0.29) is 12.6 Å². The summed E-state index contributed by atoms with van der Waals surface area (Å²) in [4.78, 5) is 35.2. The van der Waals surface area contributed by atoms with E-state index in [4.69, 9.17) is 14.2 Å². The third-order valence-corrected chi connectivity index (χ3v) is 5.64. The molecule has 34 heavy (non-hydrogen) atoms. The van der Waals surface area contributed by atoms with Crippen LogP contribution in [0.15, 0.2) is 23.4 Å². The van der Waals surface area contributed by atoms with E-state index < -0.39 is 5.41 Å². The number of carbonyl (C=O) groups is 2. The number of carbonyl (C=O) groups excluding carboxylic acids is 2. The molecule has 0 bridgehead atoms. The Labute approximate surface area is 204 Å². The topological polar surface area (TPSA) is 90.9 Å². The standard InChI is InChI=1S/C25H29N3O5S/c1-25(2,3)23(30)33-16-18-14-17(7-9-21(18)31-4)6-8-20-19(15-29)22(27-24(26-20)34-5)28-10-12-32-13-11-28/h7,9,14-15H,10-13,16H2,1-5H3. The number of aldehydes is 1. The van der Waals surface area contributed by atoms with Gasteiger partial charge in [0.1, 0.15) is 23.9 Å². The van der Waals surface area contributed by atoms with Crippen LogP contribution in [0.4, 0.5) is 5.82 Å². The molecule has 1 aromatic carbocycles. The van der Waals surface area contributed by atoms with Crippen LogP contribution in [-0.2, 0) is 20.9 Å². The molecule has 0 spiro atoms. The van der Waals surface area contributed by atoms with Gasteiger partial charge >= 0.3 is 5.97 Å². The summed E-state index contributed by atoms with van der Waals surface area (Å²) in [6.07, 6.45) is 2.63. The molecule has 0 aliphatic carbocycles. The molecule has 1 aliphatic rings. The van der Waals surface area contributed by atoms with Crippen molar-refractivity contribution in [1.29, 1.82) is 0 Å². The van der Waals surface area contributed by atoms with Crippen molar-refractivity contribution in [2.75, 3.05) is 44.6 Å². The summed E-state index contributed by atoms with van der Waals surface area (Å²) in [7, 11) is 1.56. The number of methoxy groups -OCH3 is 1. The average Bonchev–Trinajstić information content (AvgIpc) is 2.85. The van der Waals surface area contributed by atoms with Crippen molar-refractivity contribution >= 4 is 29.8 Å². The quantitative estimate of drug-likeness (QED) is 0.202. The summed E-state index contributed by atoms with van der Waals surface area (Å²) in [5, 5.41) is 0.543. The van der Waals surface area contributed by atoms with Crippen LogP contribution in [0.5, 0.6) is 5.75 Å². The Morgan fingerprint density at radius 3 is 2.59 bits per heavy atom. The van der Waals surface area contributed by atoms with Gasteiger partial charge in [-0.15, -0.1) is 0 Å². The van der Waals surface area contributed by atoms with E-state index in [1.54, 1.807) is 40.0 Å². The van der Waals surface area contributed by atoms with Crippen molar-refractivity contribution in [1.82, 2.24) is 9.97 Å². The first-order valence-corrected chi connectivity index (χ1v) is 12.1. The zero-order chi connectivity index (χ0) is 24.7. The molecular weight excluding hydrogens is 454 g/mol. The lowest BCUT2D eigenvalue weighted by atomic mass is 9.97. The first kappa shape index (κ1) is 25.5. The molecule has 0 atom stereocenters. The number of thioether (sulfide) groups is 1. The smallest absolute Gasteiger partial charge is 0.311 e. The van der Waals surface area contributed by atoms with Crippen molar-refractivity contribution in [3.8, 4) is 17.6 Å². The fraction of sp³-hybridized carbons (Fsp3) is 0.440. The van der Waals surface area contributed by atoms with E-state index in [0.717, 1.165) is 6.29 Å². The fourth-order valence-electron chi connectivity index (χ4n) is 3.21. The van der Waals surface area contributed by atoms with Crippen LogP contribution in [0.3, 0.4) is 0 Å². The number of esters is 1. The molecule has 1 aliphatic heterocycles. The lowest BCUT2D eigenvalue weighted by molar-refractivity contribution is -0.154. The third-order valence-electron chi connectivity index (χ3n) is 5.09. The number of rotatable bonds is 6. The number of morpholine rings is 1. The van der Waals surface area contributed by atoms with E-state index in [9.17, 15) is 9.59 Å². The minimum atomic E-state index is -0.601. The molecule has 2 heterocycles. The van der Waals surface area contributed by atoms with Gasteiger partial charge in [-0.1, -0.05) is 17.7 Å². The maximum atomic E-state index is 12.2. The van der Waals surface area contributed by atoms with Gasteiger partial charge < -0.3 is 19.1 Å². The van der Waals surface area contributed by atoms with Gasteiger partial charge in [0.2, 0.25) is 0 Å². The molecular formula is C25H29N3O5S. The van der Waals surface area contributed by atoms with Gasteiger partial charge in [0.15, 0.2) is 11.4 Å². The molecule has 1 aromatic heterocycles. The van der Waals surface area contributed by atoms with Gasteiger partial charge in [0.25, 0.3) is 0 Å². The number of aromatic nitrogens is 2. The molecule has 1 fully saturated rings. The summed E-state index contributed by atoms with van der Waals surface area (Å²) < 4.78 is 16.3. The zero-order valence-corrected chi connectivity index (χ0v) is 21.0. The second kappa shape index (κ2) is 11.4. The van der Waals surface area contributed by atoms with E-state index in [1.807, 2.05) is 17.2 Å². The van der Waals surface area contributed by atoms with Gasteiger partial charge in [0.05, 0.1) is 31.3 Å². The summed E-state index contributed by atoms with van der Waals surface area (Å²) >= 11 is 1.39. The molecule has 2 aromatic rings. The molecule has 9 heteroatoms. The summed E-state index contributed by atoms with van der Waals surface area (Å²) in [6, 6.07) is 5.39. The normalized spacial score (nSPS) is 13.6. The molecule has 3 rings (SSSR count). The first-order valence-electron chi connectivity index (χ1n) is 10.9. The fourth-order valence-corrected chi connectivity index (χ4v) is 3.57. The first-order chi connectivity index (χ1) is 16.3. The minimum Gasteiger partial charge on any atom is -0.496 e. The number of anilines is 1. The lowest BCUT2D eigenvalue weighted by Crippen LogP contribution is -2.37. The Morgan fingerprint density at radius 2 is 1.97 bits per heavy atom. The second-order valence-electron chi connectivity index (χ2n) is 8.62. The summed E-state index contributed by atoms with van der Waals surface area (Å²) in [5.74, 6) is 6.99. The van der Waals surface area contributed by atoms with Crippen LogP contribution in [0, 0.1) is 17.3 Å². The molecule has 180 valence electrons. The van der Waals surface area contributed by atoms with E-state index in [1.165, 1.54) is 11.8 Å². The largest absolute Gasteiger partial charge is 0.496 e. The number of ether oxygens (including phenoxy) is 3. The SMILES string of the molecule is COc1ccc(C#Cc2nc(SC)nc(N3CCOCC3)c2C=O)cc1COC(=O)C(C)(C)C. The highest BCUT2D eigenvalue weighted by Gasteiger charge is 2.23. The summed E-state index contributed by atoms with van der Waals surface area (Å²) in [6.45, 7) is 7.91. The van der Waals surface area contributed by atoms with Gasteiger partial charge in [0, 0.05) is 24.2 Å². The van der Waals surface area contributed by atoms with Crippen LogP contribution in [0.1, 0.15) is 48.0 Å². The third kappa shape index (κ3) is 6.27. The average molecular weight is 484 g/mol. The van der Waals surface area contributed by atoms with Crippen LogP contribution < -0.4 is 9.64 Å². The maximum absolute atomic E-state index is 12.2. The monoisotopic (exact) mass is 483 g/mol. The molecule has 1 saturated heterocycles. The van der Waals surface area contributed by atoms with Crippen molar-refractivity contribution in [2.24, 2.45) is 5.41 Å². The molecule has 0 saturated carbocycles. The predicted octanol–water partition coefficient (Wildman–Crippen LogP) is 3.35. The highest BCUT2D eigenvalue weighted by atomic mass is 32.2. The van der Waals surface area contributed by atoms with Crippen molar-refractivity contribution < 1.29 is 23.8 Å². The van der Waals surface area contributed by atoms with Crippen LogP contribution in [-0.4, -0.2) is 61.9 Å². The van der Waals surface area contributed by atoms with Gasteiger partial charge in [-0.25, -0.2) is 9.97 Å². The Morgan fingerprint density at radius 1 is 1.24 bits per heavy atom. The van der Waals surface area contributed by atoms with E-state index in [0.29, 0.717) is 65.4 Å². The maximum Gasteiger partial charge on any atom is 0.311 e. The predicted molar refractivity (Wildman–Crippen MR) is 130 cm³/mol. The van der Waals surface area contributed by atoms with Gasteiger partial charge in [-0.2, -0.15) is 0 Å². The highest BCUT2D eigenvalue weighted by molar-refractivity contribution is 7.98. The Kier molecular flexibility index (Phi) is 8.53. The number of hydrogen-bond acceptors (Lipinski definition) is 9. The van der Waals surface area contributed by atoms with E-state index >= 15 is 0 Å². The van der Waals surface area contributed by atoms with Crippen LogP contribution in [0.25, 0.3) is 0 Å². The Bertz CT molecular complexity index is 1110. The number of benzene rings is 1. The van der Waals surface area contributed by atoms with Crippen LogP contribution >= 0.6 is 11.8 Å². The molecule has 0 amide bonds. The van der Waals surface area contributed by atoms with Crippen LogP contribution in [0.2, 0.25) is 0 Å².